The second-order valence-corrected chi connectivity index (χ2v) is 6.40. The van der Waals surface area contributed by atoms with E-state index >= 15 is 0 Å². The minimum Gasteiger partial charge on any atom is -0.383 e. The van der Waals surface area contributed by atoms with Crippen LogP contribution >= 0.6 is 0 Å². The Kier molecular flexibility index (Phi) is 8.88. The molecule has 5 heteroatoms. The molecule has 1 aliphatic rings. The van der Waals surface area contributed by atoms with E-state index in [9.17, 15) is 4.79 Å². The van der Waals surface area contributed by atoms with Crippen LogP contribution in [0.2, 0.25) is 0 Å². The lowest BCUT2D eigenvalue weighted by Crippen LogP contribution is -2.54. The van der Waals surface area contributed by atoms with Gasteiger partial charge < -0.3 is 15.4 Å². The number of piperidine rings is 1. The smallest absolute Gasteiger partial charge is 0.237 e. The maximum Gasteiger partial charge on any atom is 0.237 e. The van der Waals surface area contributed by atoms with Crippen LogP contribution in [-0.2, 0) is 9.53 Å². The average molecular weight is 299 g/mol. The molecule has 0 aromatic rings. The molecule has 2 atom stereocenters. The molecule has 1 fully saturated rings. The minimum absolute atomic E-state index is 0.0433. The van der Waals surface area contributed by atoms with Crippen molar-refractivity contribution in [1.29, 1.82) is 0 Å². The molecule has 5 nitrogen and oxygen atoms in total. The normalized spacial score (nSPS) is 21.5. The lowest BCUT2D eigenvalue weighted by molar-refractivity contribution is -0.127. The number of rotatable bonds is 9. The molecule has 1 heterocycles. The van der Waals surface area contributed by atoms with Gasteiger partial charge in [0.15, 0.2) is 0 Å². The third kappa shape index (κ3) is 6.76. The van der Waals surface area contributed by atoms with Gasteiger partial charge >= 0.3 is 0 Å². The van der Waals surface area contributed by atoms with Gasteiger partial charge in [0.1, 0.15) is 0 Å². The van der Waals surface area contributed by atoms with Crippen molar-refractivity contribution in [3.05, 3.63) is 0 Å². The number of amides is 1. The van der Waals surface area contributed by atoms with Crippen molar-refractivity contribution in [2.45, 2.75) is 52.1 Å². The summed E-state index contributed by atoms with van der Waals surface area (Å²) in [6, 6.07) is 0.411. The standard InChI is InChI=1S/C16H33N3O2/c1-13(2)11-18-16(20)14(3)19-9-6-5-7-15(19)12-17-8-10-21-4/h13-15,17H,5-12H2,1-4H3,(H,18,20). The van der Waals surface area contributed by atoms with E-state index in [4.69, 9.17) is 4.74 Å². The Morgan fingerprint density at radius 1 is 1.33 bits per heavy atom. The van der Waals surface area contributed by atoms with Gasteiger partial charge in [-0.1, -0.05) is 20.3 Å². The van der Waals surface area contributed by atoms with Crippen LogP contribution in [0.4, 0.5) is 0 Å². The van der Waals surface area contributed by atoms with E-state index in [2.05, 4.69) is 29.4 Å². The molecule has 2 N–H and O–H groups in total. The molecule has 0 spiro atoms. The number of hydrogen-bond donors (Lipinski definition) is 2. The van der Waals surface area contributed by atoms with Gasteiger partial charge in [-0.3, -0.25) is 9.69 Å². The summed E-state index contributed by atoms with van der Waals surface area (Å²) in [7, 11) is 1.72. The van der Waals surface area contributed by atoms with Crippen molar-refractivity contribution in [3.8, 4) is 0 Å². The summed E-state index contributed by atoms with van der Waals surface area (Å²) in [5.41, 5.74) is 0. The zero-order valence-corrected chi connectivity index (χ0v) is 14.2. The predicted octanol–water partition coefficient (Wildman–Crippen LogP) is 1.24. The monoisotopic (exact) mass is 299 g/mol. The number of likely N-dealkylation sites (tertiary alicyclic amines) is 1. The maximum atomic E-state index is 12.3. The summed E-state index contributed by atoms with van der Waals surface area (Å²) in [4.78, 5) is 14.6. The van der Waals surface area contributed by atoms with Crippen molar-refractivity contribution >= 4 is 5.91 Å². The molecule has 0 bridgehead atoms. The van der Waals surface area contributed by atoms with Crippen molar-refractivity contribution in [3.63, 3.8) is 0 Å². The fourth-order valence-corrected chi connectivity index (χ4v) is 2.80. The number of hydrogen-bond acceptors (Lipinski definition) is 4. The SMILES string of the molecule is COCCNCC1CCCCN1C(C)C(=O)NCC(C)C. The molecule has 21 heavy (non-hydrogen) atoms. The zero-order valence-electron chi connectivity index (χ0n) is 14.2. The van der Waals surface area contributed by atoms with Crippen LogP contribution in [0, 0.1) is 5.92 Å². The largest absolute Gasteiger partial charge is 0.383 e. The zero-order chi connectivity index (χ0) is 15.7. The van der Waals surface area contributed by atoms with Crippen molar-refractivity contribution < 1.29 is 9.53 Å². The summed E-state index contributed by atoms with van der Waals surface area (Å²) >= 11 is 0. The molecule has 0 aromatic heterocycles. The molecule has 0 saturated carbocycles. The molecule has 1 aliphatic heterocycles. The van der Waals surface area contributed by atoms with Crippen molar-refractivity contribution in [1.82, 2.24) is 15.5 Å². The minimum atomic E-state index is -0.0433. The van der Waals surface area contributed by atoms with Gasteiger partial charge in [-0.05, 0) is 32.2 Å². The van der Waals surface area contributed by atoms with Gasteiger partial charge in [0.05, 0.1) is 12.6 Å². The first-order chi connectivity index (χ1) is 10.1. The quantitative estimate of drug-likeness (QED) is 0.629. The first-order valence-corrected chi connectivity index (χ1v) is 8.29. The summed E-state index contributed by atoms with van der Waals surface area (Å²) < 4.78 is 5.06. The van der Waals surface area contributed by atoms with E-state index < -0.39 is 0 Å². The summed E-state index contributed by atoms with van der Waals surface area (Å²) in [6.07, 6.45) is 3.62. The number of nitrogens with zero attached hydrogens (tertiary/aromatic N) is 1. The highest BCUT2D eigenvalue weighted by Gasteiger charge is 2.29. The van der Waals surface area contributed by atoms with Crippen molar-refractivity contribution in [2.24, 2.45) is 5.92 Å². The molecule has 2 unspecified atom stereocenters. The predicted molar refractivity (Wildman–Crippen MR) is 86.4 cm³/mol. The molecular weight excluding hydrogens is 266 g/mol. The Labute approximate surface area is 129 Å². The molecule has 0 aliphatic carbocycles. The number of methoxy groups -OCH3 is 1. The highest BCUT2D eigenvalue weighted by molar-refractivity contribution is 5.81. The number of ether oxygens (including phenoxy) is 1. The average Bonchev–Trinajstić information content (AvgIpc) is 2.49. The first-order valence-electron chi connectivity index (χ1n) is 8.29. The van der Waals surface area contributed by atoms with Crippen LogP contribution in [0.25, 0.3) is 0 Å². The van der Waals surface area contributed by atoms with Crippen LogP contribution in [0.3, 0.4) is 0 Å². The van der Waals surface area contributed by atoms with E-state index in [0.29, 0.717) is 12.0 Å². The van der Waals surface area contributed by atoms with Crippen LogP contribution < -0.4 is 10.6 Å². The van der Waals surface area contributed by atoms with Crippen LogP contribution in [0.5, 0.6) is 0 Å². The van der Waals surface area contributed by atoms with E-state index in [1.807, 2.05) is 6.92 Å². The third-order valence-corrected chi connectivity index (χ3v) is 4.10. The van der Waals surface area contributed by atoms with Crippen LogP contribution in [0.15, 0.2) is 0 Å². The third-order valence-electron chi connectivity index (χ3n) is 4.10. The Hall–Kier alpha value is -0.650. The second-order valence-electron chi connectivity index (χ2n) is 6.40. The Balaban J connectivity index is 2.44. The van der Waals surface area contributed by atoms with E-state index in [1.54, 1.807) is 7.11 Å². The molecule has 124 valence electrons. The highest BCUT2D eigenvalue weighted by Crippen LogP contribution is 2.19. The van der Waals surface area contributed by atoms with E-state index in [-0.39, 0.29) is 11.9 Å². The molecule has 1 amide bonds. The van der Waals surface area contributed by atoms with Gasteiger partial charge in [0, 0.05) is 32.8 Å². The maximum absolute atomic E-state index is 12.3. The van der Waals surface area contributed by atoms with Gasteiger partial charge in [-0.15, -0.1) is 0 Å². The highest BCUT2D eigenvalue weighted by atomic mass is 16.5. The fraction of sp³-hybridized carbons (Fsp3) is 0.938. The molecule has 1 rings (SSSR count). The van der Waals surface area contributed by atoms with Gasteiger partial charge in [0.2, 0.25) is 5.91 Å². The van der Waals surface area contributed by atoms with Crippen LogP contribution in [-0.4, -0.2) is 62.8 Å². The lowest BCUT2D eigenvalue weighted by atomic mass is 9.99. The van der Waals surface area contributed by atoms with E-state index in [0.717, 1.165) is 32.8 Å². The van der Waals surface area contributed by atoms with Gasteiger partial charge in [0.25, 0.3) is 0 Å². The fourth-order valence-electron chi connectivity index (χ4n) is 2.80. The number of carbonyl (C=O) groups is 1. The topological polar surface area (TPSA) is 53.6 Å². The van der Waals surface area contributed by atoms with Gasteiger partial charge in [-0.25, -0.2) is 0 Å². The Morgan fingerprint density at radius 2 is 2.10 bits per heavy atom. The van der Waals surface area contributed by atoms with Gasteiger partial charge in [-0.2, -0.15) is 0 Å². The van der Waals surface area contributed by atoms with Crippen molar-refractivity contribution in [2.75, 3.05) is 39.9 Å². The first kappa shape index (κ1) is 18.4. The second kappa shape index (κ2) is 10.1. The molecule has 0 radical (unpaired) electrons. The lowest BCUT2D eigenvalue weighted by Gasteiger charge is -2.39. The molecular formula is C16H33N3O2. The molecule has 0 aromatic carbocycles. The summed E-state index contributed by atoms with van der Waals surface area (Å²) in [6.45, 7) is 10.6. The summed E-state index contributed by atoms with van der Waals surface area (Å²) in [5.74, 6) is 0.654. The van der Waals surface area contributed by atoms with E-state index in [1.165, 1.54) is 19.3 Å². The number of carbonyl (C=O) groups excluding carboxylic acids is 1. The van der Waals surface area contributed by atoms with Crippen LogP contribution in [0.1, 0.15) is 40.0 Å². The summed E-state index contributed by atoms with van der Waals surface area (Å²) in [5, 5.41) is 6.49. The Morgan fingerprint density at radius 3 is 2.76 bits per heavy atom. The molecule has 1 saturated heterocycles. The Bertz CT molecular complexity index is 297. The number of nitrogens with one attached hydrogen (secondary N) is 2.